The number of hydrogen-bond donors (Lipinski definition) is 1. The fraction of sp³-hybridized carbons (Fsp3) is 0.500. The summed E-state index contributed by atoms with van der Waals surface area (Å²) in [5.41, 5.74) is 7.59. The van der Waals surface area contributed by atoms with Crippen LogP contribution in [0.25, 0.3) is 0 Å². The predicted octanol–water partition coefficient (Wildman–Crippen LogP) is 4.62. The third-order valence-electron chi connectivity index (χ3n) is 6.39. The van der Waals surface area contributed by atoms with Crippen LogP contribution in [-0.2, 0) is 16.2 Å². The second-order valence-corrected chi connectivity index (χ2v) is 9.91. The number of primary amides is 1. The van der Waals surface area contributed by atoms with Gasteiger partial charge in [0.05, 0.1) is 0 Å². The number of nitrogens with two attached hydrogens (primary N) is 1. The first kappa shape index (κ1) is 25.6. The van der Waals surface area contributed by atoms with Gasteiger partial charge in [0.15, 0.2) is 0 Å². The quantitative estimate of drug-likeness (QED) is 0.496. The lowest BCUT2D eigenvalue weighted by molar-refractivity contribution is -0.131. The zero-order chi connectivity index (χ0) is 24.5. The summed E-state index contributed by atoms with van der Waals surface area (Å²) < 4.78 is 5.96. The SMILES string of the molecule is CC(C)CCN(c1ccc(OCc2ccccc2)cc1)C1CCN(C(=O)CC(C)CC(N)=O)C1. The zero-order valence-electron chi connectivity index (χ0n) is 20.8. The van der Waals surface area contributed by atoms with Crippen LogP contribution in [0.2, 0.25) is 0 Å². The number of carbonyl (C=O) groups excluding carboxylic acids is 2. The molecule has 184 valence electrons. The minimum atomic E-state index is -0.351. The lowest BCUT2D eigenvalue weighted by Gasteiger charge is -2.32. The van der Waals surface area contributed by atoms with E-state index in [-0.39, 0.29) is 30.2 Å². The van der Waals surface area contributed by atoms with E-state index in [2.05, 4.69) is 43.0 Å². The fourth-order valence-corrected chi connectivity index (χ4v) is 4.46. The number of anilines is 1. The normalized spacial score (nSPS) is 16.5. The van der Waals surface area contributed by atoms with Crippen molar-refractivity contribution in [2.75, 3.05) is 24.5 Å². The van der Waals surface area contributed by atoms with Crippen molar-refractivity contribution in [1.82, 2.24) is 4.90 Å². The van der Waals surface area contributed by atoms with Gasteiger partial charge in [0, 0.05) is 44.2 Å². The molecular formula is C28H39N3O3. The standard InChI is InChI=1S/C28H39N3O3/c1-21(2)13-16-31(25-14-15-30(19-25)28(33)18-22(3)17-27(29)32)24-9-11-26(12-10-24)34-20-23-7-5-4-6-8-23/h4-12,21-22,25H,13-20H2,1-3H3,(H2,29,32). The van der Waals surface area contributed by atoms with E-state index in [1.807, 2.05) is 42.2 Å². The summed E-state index contributed by atoms with van der Waals surface area (Å²) in [6.07, 6.45) is 2.66. The average molecular weight is 466 g/mol. The highest BCUT2D eigenvalue weighted by Gasteiger charge is 2.31. The predicted molar refractivity (Wildman–Crippen MR) is 137 cm³/mol. The van der Waals surface area contributed by atoms with E-state index >= 15 is 0 Å². The smallest absolute Gasteiger partial charge is 0.222 e. The molecule has 0 aliphatic carbocycles. The van der Waals surface area contributed by atoms with Crippen LogP contribution < -0.4 is 15.4 Å². The van der Waals surface area contributed by atoms with Gasteiger partial charge in [-0.1, -0.05) is 51.1 Å². The van der Waals surface area contributed by atoms with E-state index in [0.29, 0.717) is 25.5 Å². The molecule has 34 heavy (non-hydrogen) atoms. The van der Waals surface area contributed by atoms with E-state index in [0.717, 1.165) is 42.9 Å². The minimum absolute atomic E-state index is 0.0236. The van der Waals surface area contributed by atoms with Gasteiger partial charge in [0.25, 0.3) is 0 Å². The van der Waals surface area contributed by atoms with Crippen LogP contribution in [0.5, 0.6) is 5.75 Å². The molecule has 0 saturated carbocycles. The Morgan fingerprint density at radius 1 is 1.06 bits per heavy atom. The molecule has 1 heterocycles. The van der Waals surface area contributed by atoms with Gasteiger partial charge in [-0.15, -0.1) is 0 Å². The van der Waals surface area contributed by atoms with Crippen LogP contribution in [0.15, 0.2) is 54.6 Å². The molecule has 2 aromatic carbocycles. The maximum absolute atomic E-state index is 12.8. The molecule has 2 unspecified atom stereocenters. The van der Waals surface area contributed by atoms with Gasteiger partial charge in [-0.05, 0) is 54.5 Å². The summed E-state index contributed by atoms with van der Waals surface area (Å²) in [4.78, 5) is 28.3. The molecule has 2 amide bonds. The van der Waals surface area contributed by atoms with Crippen LogP contribution in [0.3, 0.4) is 0 Å². The largest absolute Gasteiger partial charge is 0.489 e. The first-order valence-electron chi connectivity index (χ1n) is 12.4. The average Bonchev–Trinajstić information content (AvgIpc) is 3.29. The van der Waals surface area contributed by atoms with Crippen molar-refractivity contribution < 1.29 is 14.3 Å². The van der Waals surface area contributed by atoms with Crippen molar-refractivity contribution in [1.29, 1.82) is 0 Å². The van der Waals surface area contributed by atoms with Crippen LogP contribution in [0, 0.1) is 11.8 Å². The van der Waals surface area contributed by atoms with Gasteiger partial charge >= 0.3 is 0 Å². The van der Waals surface area contributed by atoms with Gasteiger partial charge in [0.1, 0.15) is 12.4 Å². The molecule has 1 aliphatic heterocycles. The molecule has 0 spiro atoms. The third-order valence-corrected chi connectivity index (χ3v) is 6.39. The Morgan fingerprint density at radius 3 is 2.41 bits per heavy atom. The molecule has 2 N–H and O–H groups in total. The maximum Gasteiger partial charge on any atom is 0.222 e. The lowest BCUT2D eigenvalue weighted by atomic mass is 10.0. The molecule has 0 bridgehead atoms. The van der Waals surface area contributed by atoms with E-state index in [9.17, 15) is 9.59 Å². The second-order valence-electron chi connectivity index (χ2n) is 9.91. The van der Waals surface area contributed by atoms with Crippen LogP contribution in [0.1, 0.15) is 52.0 Å². The van der Waals surface area contributed by atoms with Crippen molar-refractivity contribution in [2.24, 2.45) is 17.6 Å². The van der Waals surface area contributed by atoms with Crippen LogP contribution >= 0.6 is 0 Å². The van der Waals surface area contributed by atoms with Gasteiger partial charge < -0.3 is 20.3 Å². The van der Waals surface area contributed by atoms with E-state index in [4.69, 9.17) is 10.5 Å². The molecular weight excluding hydrogens is 426 g/mol. The Balaban J connectivity index is 1.62. The van der Waals surface area contributed by atoms with Crippen molar-refractivity contribution in [3.8, 4) is 5.75 Å². The van der Waals surface area contributed by atoms with E-state index in [1.165, 1.54) is 0 Å². The highest BCUT2D eigenvalue weighted by Crippen LogP contribution is 2.27. The molecule has 1 aliphatic rings. The summed E-state index contributed by atoms with van der Waals surface area (Å²) in [5, 5.41) is 0. The molecule has 0 aromatic heterocycles. The summed E-state index contributed by atoms with van der Waals surface area (Å²) in [5.74, 6) is 1.19. The highest BCUT2D eigenvalue weighted by molar-refractivity contribution is 5.79. The number of likely N-dealkylation sites (tertiary alicyclic amines) is 1. The molecule has 2 atom stereocenters. The molecule has 2 aromatic rings. The molecule has 6 heteroatoms. The van der Waals surface area contributed by atoms with Gasteiger partial charge in [-0.2, -0.15) is 0 Å². The van der Waals surface area contributed by atoms with E-state index < -0.39 is 0 Å². The first-order valence-corrected chi connectivity index (χ1v) is 12.4. The number of amides is 2. The van der Waals surface area contributed by atoms with Crippen molar-refractivity contribution >= 4 is 17.5 Å². The highest BCUT2D eigenvalue weighted by atomic mass is 16.5. The first-order chi connectivity index (χ1) is 16.3. The monoisotopic (exact) mass is 465 g/mol. The number of hydrogen-bond acceptors (Lipinski definition) is 4. The molecule has 3 rings (SSSR count). The lowest BCUT2D eigenvalue weighted by Crippen LogP contribution is -2.40. The minimum Gasteiger partial charge on any atom is -0.489 e. The van der Waals surface area contributed by atoms with Gasteiger partial charge in [-0.3, -0.25) is 9.59 Å². The fourth-order valence-electron chi connectivity index (χ4n) is 4.46. The third kappa shape index (κ3) is 7.79. The van der Waals surface area contributed by atoms with Crippen LogP contribution in [0.4, 0.5) is 5.69 Å². The maximum atomic E-state index is 12.8. The molecule has 1 saturated heterocycles. The van der Waals surface area contributed by atoms with Gasteiger partial charge in [-0.25, -0.2) is 0 Å². The Morgan fingerprint density at radius 2 is 1.76 bits per heavy atom. The second kappa shape index (κ2) is 12.4. The Kier molecular flexibility index (Phi) is 9.37. The van der Waals surface area contributed by atoms with Crippen molar-refractivity contribution in [2.45, 2.75) is 59.1 Å². The Hall–Kier alpha value is -3.02. The summed E-state index contributed by atoms with van der Waals surface area (Å²) in [6, 6.07) is 18.8. The number of benzene rings is 2. The number of ether oxygens (including phenoxy) is 1. The Bertz CT molecular complexity index is 914. The van der Waals surface area contributed by atoms with Crippen molar-refractivity contribution in [3.05, 3.63) is 60.2 Å². The number of nitrogens with zero attached hydrogens (tertiary/aromatic N) is 2. The summed E-state index contributed by atoms with van der Waals surface area (Å²) in [7, 11) is 0. The zero-order valence-corrected chi connectivity index (χ0v) is 20.8. The molecule has 1 fully saturated rings. The molecule has 0 radical (unpaired) electrons. The molecule has 6 nitrogen and oxygen atoms in total. The van der Waals surface area contributed by atoms with Crippen LogP contribution in [-0.4, -0.2) is 42.4 Å². The topological polar surface area (TPSA) is 75.9 Å². The van der Waals surface area contributed by atoms with Crippen molar-refractivity contribution in [3.63, 3.8) is 0 Å². The Labute approximate surface area is 204 Å². The summed E-state index contributed by atoms with van der Waals surface area (Å²) in [6.45, 7) is 9.35. The summed E-state index contributed by atoms with van der Waals surface area (Å²) >= 11 is 0. The van der Waals surface area contributed by atoms with E-state index in [1.54, 1.807) is 0 Å². The van der Waals surface area contributed by atoms with Gasteiger partial charge in [0.2, 0.25) is 11.8 Å². The number of carbonyl (C=O) groups is 2. The number of rotatable bonds is 12.